The molecule has 1 aromatic carbocycles. The summed E-state index contributed by atoms with van der Waals surface area (Å²) in [7, 11) is 0. The number of ether oxygens (including phenoxy) is 1. The number of anilines is 1. The second kappa shape index (κ2) is 6.34. The number of hydrogen-bond donors (Lipinski definition) is 2. The summed E-state index contributed by atoms with van der Waals surface area (Å²) >= 11 is 0. The number of benzene rings is 1. The SMILES string of the molecule is CCNc1c(C(=O)NC2CCOC2)cccc1C(F)(F)F. The van der Waals surface area contributed by atoms with Crippen molar-refractivity contribution in [3.05, 3.63) is 29.3 Å². The number of alkyl halides is 3. The van der Waals surface area contributed by atoms with Crippen LogP contribution in [0.3, 0.4) is 0 Å². The Hall–Kier alpha value is -1.76. The van der Waals surface area contributed by atoms with Gasteiger partial charge in [-0.3, -0.25) is 4.79 Å². The van der Waals surface area contributed by atoms with Crippen LogP contribution in [0.25, 0.3) is 0 Å². The molecule has 0 saturated carbocycles. The van der Waals surface area contributed by atoms with Crippen LogP contribution in [-0.2, 0) is 10.9 Å². The molecule has 1 amide bonds. The van der Waals surface area contributed by atoms with Gasteiger partial charge in [-0.2, -0.15) is 13.2 Å². The van der Waals surface area contributed by atoms with E-state index >= 15 is 0 Å². The number of rotatable bonds is 4. The summed E-state index contributed by atoms with van der Waals surface area (Å²) < 4.78 is 44.2. The van der Waals surface area contributed by atoms with Crippen LogP contribution in [0.5, 0.6) is 0 Å². The molecule has 1 aromatic rings. The molecule has 1 fully saturated rings. The number of amides is 1. The Kier molecular flexibility index (Phi) is 4.72. The first-order valence-electron chi connectivity index (χ1n) is 6.76. The molecule has 1 aliphatic heterocycles. The third-order valence-corrected chi connectivity index (χ3v) is 3.23. The topological polar surface area (TPSA) is 50.4 Å². The van der Waals surface area contributed by atoms with Gasteiger partial charge in [0, 0.05) is 13.2 Å². The van der Waals surface area contributed by atoms with Crippen molar-refractivity contribution in [3.8, 4) is 0 Å². The van der Waals surface area contributed by atoms with E-state index in [1.807, 2.05) is 0 Å². The van der Waals surface area contributed by atoms with Gasteiger partial charge in [0.15, 0.2) is 0 Å². The Morgan fingerprint density at radius 1 is 1.43 bits per heavy atom. The van der Waals surface area contributed by atoms with Gasteiger partial charge in [-0.05, 0) is 25.5 Å². The molecule has 21 heavy (non-hydrogen) atoms. The highest BCUT2D eigenvalue weighted by molar-refractivity contribution is 6.00. The maximum Gasteiger partial charge on any atom is 0.418 e. The second-order valence-corrected chi connectivity index (χ2v) is 4.79. The van der Waals surface area contributed by atoms with Crippen molar-refractivity contribution in [2.45, 2.75) is 25.6 Å². The Balaban J connectivity index is 2.30. The quantitative estimate of drug-likeness (QED) is 0.899. The van der Waals surface area contributed by atoms with Gasteiger partial charge in [0.2, 0.25) is 0 Å². The first-order valence-corrected chi connectivity index (χ1v) is 6.76. The van der Waals surface area contributed by atoms with Crippen molar-refractivity contribution in [3.63, 3.8) is 0 Å². The lowest BCUT2D eigenvalue weighted by Crippen LogP contribution is -2.35. The molecule has 0 spiro atoms. The van der Waals surface area contributed by atoms with Crippen molar-refractivity contribution in [1.82, 2.24) is 5.32 Å². The number of halogens is 3. The van der Waals surface area contributed by atoms with E-state index in [9.17, 15) is 18.0 Å². The number of carbonyl (C=O) groups excluding carboxylic acids is 1. The molecule has 1 unspecified atom stereocenters. The number of hydrogen-bond acceptors (Lipinski definition) is 3. The zero-order chi connectivity index (χ0) is 15.5. The van der Waals surface area contributed by atoms with Crippen LogP contribution in [0.4, 0.5) is 18.9 Å². The summed E-state index contributed by atoms with van der Waals surface area (Å²) in [6.45, 7) is 2.91. The first kappa shape index (κ1) is 15.6. The summed E-state index contributed by atoms with van der Waals surface area (Å²) in [5.74, 6) is -0.521. The molecule has 1 heterocycles. The molecule has 1 atom stereocenters. The molecule has 1 saturated heterocycles. The van der Waals surface area contributed by atoms with Crippen molar-refractivity contribution >= 4 is 11.6 Å². The van der Waals surface area contributed by atoms with E-state index in [1.165, 1.54) is 12.1 Å². The van der Waals surface area contributed by atoms with Crippen molar-refractivity contribution < 1.29 is 22.7 Å². The predicted octanol–water partition coefficient (Wildman–Crippen LogP) is 2.66. The van der Waals surface area contributed by atoms with Crippen molar-refractivity contribution in [2.24, 2.45) is 0 Å². The van der Waals surface area contributed by atoms with Crippen LogP contribution in [-0.4, -0.2) is 31.7 Å². The average Bonchev–Trinajstić information content (AvgIpc) is 2.90. The molecule has 0 aromatic heterocycles. The molecular weight excluding hydrogens is 285 g/mol. The Morgan fingerprint density at radius 3 is 2.76 bits per heavy atom. The fourth-order valence-electron chi connectivity index (χ4n) is 2.26. The molecule has 2 N–H and O–H groups in total. The first-order chi connectivity index (χ1) is 9.93. The molecule has 0 radical (unpaired) electrons. The van der Waals surface area contributed by atoms with Gasteiger partial charge >= 0.3 is 6.18 Å². The smallest absolute Gasteiger partial charge is 0.384 e. The zero-order valence-electron chi connectivity index (χ0n) is 11.6. The van der Waals surface area contributed by atoms with Crippen molar-refractivity contribution in [1.29, 1.82) is 0 Å². The summed E-state index contributed by atoms with van der Waals surface area (Å²) in [4.78, 5) is 12.2. The molecular formula is C14H17F3N2O2. The Bertz CT molecular complexity index is 511. The van der Waals surface area contributed by atoms with Gasteiger partial charge in [-0.25, -0.2) is 0 Å². The van der Waals surface area contributed by atoms with E-state index in [1.54, 1.807) is 6.92 Å². The lowest BCUT2D eigenvalue weighted by atomic mass is 10.0. The Morgan fingerprint density at radius 2 is 2.19 bits per heavy atom. The molecule has 116 valence electrons. The van der Waals surface area contributed by atoms with E-state index in [2.05, 4.69) is 10.6 Å². The third-order valence-electron chi connectivity index (χ3n) is 3.23. The molecule has 1 aliphatic rings. The van der Waals surface area contributed by atoms with Crippen LogP contribution >= 0.6 is 0 Å². The Labute approximate surface area is 120 Å². The van der Waals surface area contributed by atoms with E-state index in [0.29, 0.717) is 26.2 Å². The maximum atomic E-state index is 13.0. The monoisotopic (exact) mass is 302 g/mol. The molecule has 0 aliphatic carbocycles. The lowest BCUT2D eigenvalue weighted by Gasteiger charge is -2.18. The minimum Gasteiger partial charge on any atom is -0.384 e. The standard InChI is InChI=1S/C14H17F3N2O2/c1-2-18-12-10(4-3-5-11(12)14(15,16)17)13(20)19-9-6-7-21-8-9/h3-5,9,18H,2,6-8H2,1H3,(H,19,20). The normalized spacial score (nSPS) is 18.6. The van der Waals surface area contributed by atoms with E-state index < -0.39 is 17.6 Å². The zero-order valence-corrected chi connectivity index (χ0v) is 11.6. The second-order valence-electron chi connectivity index (χ2n) is 4.79. The minimum absolute atomic E-state index is 0.00132. The summed E-state index contributed by atoms with van der Waals surface area (Å²) in [6.07, 6.45) is -3.84. The lowest BCUT2D eigenvalue weighted by molar-refractivity contribution is -0.137. The summed E-state index contributed by atoms with van der Waals surface area (Å²) in [5.41, 5.74) is -1.01. The van der Waals surface area contributed by atoms with Gasteiger partial charge in [0.1, 0.15) is 0 Å². The number of nitrogens with one attached hydrogen (secondary N) is 2. The maximum absolute atomic E-state index is 13.0. The highest BCUT2D eigenvalue weighted by Gasteiger charge is 2.35. The van der Waals surface area contributed by atoms with Gasteiger partial charge in [-0.1, -0.05) is 6.07 Å². The van der Waals surface area contributed by atoms with E-state index in [0.717, 1.165) is 6.07 Å². The highest BCUT2D eigenvalue weighted by Crippen LogP contribution is 2.36. The third kappa shape index (κ3) is 3.66. The van der Waals surface area contributed by atoms with E-state index in [4.69, 9.17) is 4.74 Å². The highest BCUT2D eigenvalue weighted by atomic mass is 19.4. The van der Waals surface area contributed by atoms with Gasteiger partial charge in [0.25, 0.3) is 5.91 Å². The minimum atomic E-state index is -4.51. The fraction of sp³-hybridized carbons (Fsp3) is 0.500. The van der Waals surface area contributed by atoms with Gasteiger partial charge < -0.3 is 15.4 Å². The average molecular weight is 302 g/mol. The molecule has 0 bridgehead atoms. The van der Waals surface area contributed by atoms with Gasteiger partial charge in [0.05, 0.1) is 29.5 Å². The van der Waals surface area contributed by atoms with Crippen LogP contribution < -0.4 is 10.6 Å². The van der Waals surface area contributed by atoms with Crippen molar-refractivity contribution in [2.75, 3.05) is 25.1 Å². The molecule has 7 heteroatoms. The largest absolute Gasteiger partial charge is 0.418 e. The van der Waals surface area contributed by atoms with E-state index in [-0.39, 0.29) is 17.3 Å². The van der Waals surface area contributed by atoms with Crippen LogP contribution in [0.15, 0.2) is 18.2 Å². The predicted molar refractivity (Wildman–Crippen MR) is 72.3 cm³/mol. The summed E-state index contributed by atoms with van der Waals surface area (Å²) in [6, 6.07) is 3.44. The van der Waals surface area contributed by atoms with Crippen LogP contribution in [0, 0.1) is 0 Å². The summed E-state index contributed by atoms with van der Waals surface area (Å²) in [5, 5.41) is 5.35. The van der Waals surface area contributed by atoms with Crippen LogP contribution in [0.2, 0.25) is 0 Å². The molecule has 4 nitrogen and oxygen atoms in total. The number of carbonyl (C=O) groups is 1. The number of para-hydroxylation sites is 1. The van der Waals surface area contributed by atoms with Crippen LogP contribution in [0.1, 0.15) is 29.3 Å². The fourth-order valence-corrected chi connectivity index (χ4v) is 2.26. The van der Waals surface area contributed by atoms with Gasteiger partial charge in [-0.15, -0.1) is 0 Å². The molecule has 2 rings (SSSR count).